The SMILES string of the molecule is [CH2]C1CCC=C(C)CC1. The summed E-state index contributed by atoms with van der Waals surface area (Å²) in [7, 11) is 0. The summed E-state index contributed by atoms with van der Waals surface area (Å²) in [5, 5.41) is 0. The summed E-state index contributed by atoms with van der Waals surface area (Å²) in [5.41, 5.74) is 1.56. The van der Waals surface area contributed by atoms with Gasteiger partial charge in [-0.3, -0.25) is 0 Å². The lowest BCUT2D eigenvalue weighted by atomic mass is 10.0. The van der Waals surface area contributed by atoms with Gasteiger partial charge in [0.25, 0.3) is 0 Å². The molecule has 0 aromatic carbocycles. The molecule has 0 amide bonds. The van der Waals surface area contributed by atoms with Gasteiger partial charge < -0.3 is 0 Å². The van der Waals surface area contributed by atoms with E-state index in [2.05, 4.69) is 19.9 Å². The standard InChI is InChI=1S/C9H15/c1-8-4-3-5-9(2)7-6-8/h5,8H,1,3-4,6-7H2,2H3. The molecule has 51 valence electrons. The summed E-state index contributed by atoms with van der Waals surface area (Å²) < 4.78 is 0. The van der Waals surface area contributed by atoms with Crippen LogP contribution in [-0.4, -0.2) is 0 Å². The normalized spacial score (nSPS) is 29.1. The molecule has 0 nitrogen and oxygen atoms in total. The third-order valence-corrected chi connectivity index (χ3v) is 2.01. The van der Waals surface area contributed by atoms with Crippen LogP contribution in [0, 0.1) is 12.8 Å². The fourth-order valence-corrected chi connectivity index (χ4v) is 1.24. The Hall–Kier alpha value is -0.260. The van der Waals surface area contributed by atoms with E-state index in [0.29, 0.717) is 5.92 Å². The third-order valence-electron chi connectivity index (χ3n) is 2.01. The van der Waals surface area contributed by atoms with Gasteiger partial charge in [0.1, 0.15) is 0 Å². The second kappa shape index (κ2) is 3.05. The molecule has 1 rings (SSSR count). The van der Waals surface area contributed by atoms with Crippen molar-refractivity contribution >= 4 is 0 Å². The Kier molecular flexibility index (Phi) is 2.32. The zero-order valence-electron chi connectivity index (χ0n) is 6.19. The lowest BCUT2D eigenvalue weighted by Gasteiger charge is -2.03. The molecule has 0 aromatic rings. The third kappa shape index (κ3) is 2.21. The number of hydrogen-bond acceptors (Lipinski definition) is 0. The maximum Gasteiger partial charge on any atom is -0.0320 e. The van der Waals surface area contributed by atoms with E-state index in [0.717, 1.165) is 0 Å². The average molecular weight is 123 g/mol. The van der Waals surface area contributed by atoms with Gasteiger partial charge in [0, 0.05) is 0 Å². The highest BCUT2D eigenvalue weighted by Gasteiger charge is 2.04. The zero-order valence-corrected chi connectivity index (χ0v) is 6.19. The molecule has 1 aliphatic rings. The zero-order chi connectivity index (χ0) is 6.69. The van der Waals surface area contributed by atoms with Crippen molar-refractivity contribution in [2.75, 3.05) is 0 Å². The molecule has 0 saturated carbocycles. The molecule has 0 fully saturated rings. The molecule has 0 bridgehead atoms. The minimum Gasteiger partial charge on any atom is -0.0856 e. The smallest absolute Gasteiger partial charge is 0.0320 e. The van der Waals surface area contributed by atoms with Crippen LogP contribution in [0.25, 0.3) is 0 Å². The van der Waals surface area contributed by atoms with Gasteiger partial charge in [-0.1, -0.05) is 18.6 Å². The molecule has 0 aromatic heterocycles. The van der Waals surface area contributed by atoms with Crippen molar-refractivity contribution < 1.29 is 0 Å². The molecule has 1 radical (unpaired) electrons. The first kappa shape index (κ1) is 6.85. The van der Waals surface area contributed by atoms with Crippen molar-refractivity contribution in [3.8, 4) is 0 Å². The van der Waals surface area contributed by atoms with E-state index in [-0.39, 0.29) is 0 Å². The Bertz CT molecular complexity index is 111. The highest BCUT2D eigenvalue weighted by molar-refractivity contribution is 5.00. The minimum absolute atomic E-state index is 0.707. The fourth-order valence-electron chi connectivity index (χ4n) is 1.24. The Morgan fingerprint density at radius 1 is 1.56 bits per heavy atom. The van der Waals surface area contributed by atoms with E-state index >= 15 is 0 Å². The summed E-state index contributed by atoms with van der Waals surface area (Å²) in [4.78, 5) is 0. The van der Waals surface area contributed by atoms with E-state index in [1.807, 2.05) is 0 Å². The first-order valence-corrected chi connectivity index (χ1v) is 3.78. The molecule has 0 N–H and O–H groups in total. The van der Waals surface area contributed by atoms with Gasteiger partial charge in [0.2, 0.25) is 0 Å². The van der Waals surface area contributed by atoms with Crippen LogP contribution in [0.2, 0.25) is 0 Å². The van der Waals surface area contributed by atoms with Crippen LogP contribution in [0.1, 0.15) is 32.6 Å². The van der Waals surface area contributed by atoms with Gasteiger partial charge in [-0.05, 0) is 38.5 Å². The van der Waals surface area contributed by atoms with Gasteiger partial charge in [-0.15, -0.1) is 0 Å². The predicted molar refractivity (Wildman–Crippen MR) is 41.1 cm³/mol. The van der Waals surface area contributed by atoms with Crippen LogP contribution in [0.5, 0.6) is 0 Å². The lowest BCUT2D eigenvalue weighted by Crippen LogP contribution is -1.90. The molecule has 0 aliphatic heterocycles. The van der Waals surface area contributed by atoms with Gasteiger partial charge in [0.15, 0.2) is 0 Å². The van der Waals surface area contributed by atoms with E-state index in [1.54, 1.807) is 5.57 Å². The van der Waals surface area contributed by atoms with Crippen LogP contribution in [0.3, 0.4) is 0 Å². The first-order valence-electron chi connectivity index (χ1n) is 3.78. The summed E-state index contributed by atoms with van der Waals surface area (Å²) >= 11 is 0. The summed E-state index contributed by atoms with van der Waals surface area (Å²) in [6.07, 6.45) is 7.46. The molecular formula is C9H15. The average Bonchev–Trinajstić information content (AvgIpc) is 1.97. The Balaban J connectivity index is 2.39. The summed E-state index contributed by atoms with van der Waals surface area (Å²) in [5.74, 6) is 0.707. The van der Waals surface area contributed by atoms with E-state index in [9.17, 15) is 0 Å². The largest absolute Gasteiger partial charge is 0.0856 e. The van der Waals surface area contributed by atoms with Crippen LogP contribution < -0.4 is 0 Å². The van der Waals surface area contributed by atoms with Crippen molar-refractivity contribution in [2.45, 2.75) is 32.6 Å². The van der Waals surface area contributed by atoms with Crippen molar-refractivity contribution in [3.63, 3.8) is 0 Å². The van der Waals surface area contributed by atoms with Gasteiger partial charge >= 0.3 is 0 Å². The molecule has 0 spiro atoms. The maximum atomic E-state index is 4.06. The Labute approximate surface area is 58.0 Å². The topological polar surface area (TPSA) is 0 Å². The van der Waals surface area contributed by atoms with Crippen molar-refractivity contribution in [2.24, 2.45) is 5.92 Å². The Morgan fingerprint density at radius 3 is 3.11 bits per heavy atom. The van der Waals surface area contributed by atoms with Gasteiger partial charge in [-0.25, -0.2) is 0 Å². The number of rotatable bonds is 0. The number of hydrogen-bond donors (Lipinski definition) is 0. The van der Waals surface area contributed by atoms with Crippen molar-refractivity contribution in [1.29, 1.82) is 0 Å². The van der Waals surface area contributed by atoms with Crippen LogP contribution in [0.15, 0.2) is 11.6 Å². The summed E-state index contributed by atoms with van der Waals surface area (Å²) in [6.45, 7) is 6.28. The van der Waals surface area contributed by atoms with E-state index in [1.165, 1.54) is 25.7 Å². The first-order chi connectivity index (χ1) is 4.29. The van der Waals surface area contributed by atoms with Crippen LogP contribution in [-0.2, 0) is 0 Å². The quantitative estimate of drug-likeness (QED) is 0.434. The number of allylic oxidation sites excluding steroid dienone is 2. The molecule has 1 atom stereocenters. The lowest BCUT2D eigenvalue weighted by molar-refractivity contribution is 0.562. The van der Waals surface area contributed by atoms with E-state index in [4.69, 9.17) is 0 Å². The minimum atomic E-state index is 0.707. The van der Waals surface area contributed by atoms with Crippen LogP contribution >= 0.6 is 0 Å². The molecule has 1 aliphatic carbocycles. The second-order valence-electron chi connectivity index (χ2n) is 3.03. The predicted octanol–water partition coefficient (Wildman–Crippen LogP) is 2.96. The highest BCUT2D eigenvalue weighted by Crippen LogP contribution is 2.20. The molecule has 9 heavy (non-hydrogen) atoms. The highest BCUT2D eigenvalue weighted by atomic mass is 14.1. The fraction of sp³-hybridized carbons (Fsp3) is 0.667. The van der Waals surface area contributed by atoms with Gasteiger partial charge in [0.05, 0.1) is 0 Å². The van der Waals surface area contributed by atoms with E-state index < -0.39 is 0 Å². The molecule has 0 heterocycles. The van der Waals surface area contributed by atoms with Crippen molar-refractivity contribution in [3.05, 3.63) is 18.6 Å². The molecular weight excluding hydrogens is 108 g/mol. The summed E-state index contributed by atoms with van der Waals surface area (Å²) in [6, 6.07) is 0. The Morgan fingerprint density at radius 2 is 2.33 bits per heavy atom. The maximum absolute atomic E-state index is 4.06. The molecule has 1 unspecified atom stereocenters. The molecule has 0 saturated heterocycles. The molecule has 0 heteroatoms. The van der Waals surface area contributed by atoms with Crippen LogP contribution in [0.4, 0.5) is 0 Å². The second-order valence-corrected chi connectivity index (χ2v) is 3.03. The van der Waals surface area contributed by atoms with Crippen molar-refractivity contribution in [1.82, 2.24) is 0 Å². The van der Waals surface area contributed by atoms with Gasteiger partial charge in [-0.2, -0.15) is 0 Å². The monoisotopic (exact) mass is 123 g/mol.